The highest BCUT2D eigenvalue weighted by Crippen LogP contribution is 2.29. The molecule has 1 unspecified atom stereocenters. The van der Waals surface area contributed by atoms with Gasteiger partial charge in [0.15, 0.2) is 6.10 Å². The Morgan fingerprint density at radius 2 is 2.20 bits per heavy atom. The van der Waals surface area contributed by atoms with Gasteiger partial charge < -0.3 is 15.8 Å². The van der Waals surface area contributed by atoms with Gasteiger partial charge in [-0.25, -0.2) is 0 Å². The standard InChI is InChI=1S/C15H21ClN2O2/c1-10(15(19)18-12-6-2-3-7-12)20-14-11(9-17)5-4-8-13(14)16/h4-5,8,10,12H,2-3,6-7,9,17H2,1H3,(H,18,19). The van der Waals surface area contributed by atoms with Gasteiger partial charge >= 0.3 is 0 Å². The van der Waals surface area contributed by atoms with E-state index in [2.05, 4.69) is 5.32 Å². The van der Waals surface area contributed by atoms with Crippen molar-refractivity contribution in [3.05, 3.63) is 28.8 Å². The van der Waals surface area contributed by atoms with Gasteiger partial charge in [0.1, 0.15) is 5.75 Å². The Labute approximate surface area is 124 Å². The van der Waals surface area contributed by atoms with E-state index in [0.717, 1.165) is 18.4 Å². The molecule has 1 aromatic carbocycles. The Balaban J connectivity index is 1.99. The molecule has 1 aliphatic rings. The van der Waals surface area contributed by atoms with Gasteiger partial charge in [0.2, 0.25) is 0 Å². The van der Waals surface area contributed by atoms with Gasteiger partial charge in [-0.1, -0.05) is 36.6 Å². The molecule has 0 aromatic heterocycles. The van der Waals surface area contributed by atoms with Crippen LogP contribution in [0.4, 0.5) is 0 Å². The highest BCUT2D eigenvalue weighted by Gasteiger charge is 2.22. The Bertz CT molecular complexity index is 473. The maximum absolute atomic E-state index is 12.1. The topological polar surface area (TPSA) is 64.3 Å². The number of benzene rings is 1. The average molecular weight is 297 g/mol. The fourth-order valence-electron chi connectivity index (χ4n) is 2.47. The minimum atomic E-state index is -0.583. The van der Waals surface area contributed by atoms with Gasteiger partial charge in [-0.2, -0.15) is 0 Å². The van der Waals surface area contributed by atoms with Gasteiger partial charge in [0.05, 0.1) is 5.02 Å². The quantitative estimate of drug-likeness (QED) is 0.878. The van der Waals surface area contributed by atoms with Crippen LogP contribution in [0.15, 0.2) is 18.2 Å². The number of ether oxygens (including phenoxy) is 1. The number of nitrogens with one attached hydrogen (secondary N) is 1. The molecular formula is C15H21ClN2O2. The van der Waals surface area contributed by atoms with Crippen molar-refractivity contribution in [2.24, 2.45) is 5.73 Å². The number of carbonyl (C=O) groups is 1. The Morgan fingerprint density at radius 1 is 1.50 bits per heavy atom. The predicted octanol–water partition coefficient (Wildman–Crippen LogP) is 2.62. The molecule has 0 saturated heterocycles. The average Bonchev–Trinajstić information content (AvgIpc) is 2.93. The van der Waals surface area contributed by atoms with Gasteiger partial charge in [0, 0.05) is 18.2 Å². The molecule has 1 aliphatic carbocycles. The second-order valence-electron chi connectivity index (χ2n) is 5.18. The predicted molar refractivity (Wildman–Crippen MR) is 79.8 cm³/mol. The second kappa shape index (κ2) is 6.95. The summed E-state index contributed by atoms with van der Waals surface area (Å²) in [6, 6.07) is 5.69. The number of para-hydroxylation sites is 1. The minimum absolute atomic E-state index is 0.0974. The minimum Gasteiger partial charge on any atom is -0.479 e. The van der Waals surface area contributed by atoms with Crippen LogP contribution >= 0.6 is 11.6 Å². The van der Waals surface area contributed by atoms with Gasteiger partial charge in [-0.15, -0.1) is 0 Å². The summed E-state index contributed by atoms with van der Waals surface area (Å²) in [5.74, 6) is 0.408. The molecule has 5 heteroatoms. The highest BCUT2D eigenvalue weighted by molar-refractivity contribution is 6.32. The van der Waals surface area contributed by atoms with E-state index in [1.54, 1.807) is 13.0 Å². The first-order valence-electron chi connectivity index (χ1n) is 7.06. The number of hydrogen-bond acceptors (Lipinski definition) is 3. The van der Waals surface area contributed by atoms with E-state index in [9.17, 15) is 4.79 Å². The third-order valence-electron chi connectivity index (χ3n) is 3.63. The lowest BCUT2D eigenvalue weighted by atomic mass is 10.2. The fraction of sp³-hybridized carbons (Fsp3) is 0.533. The molecule has 0 radical (unpaired) electrons. The molecule has 4 nitrogen and oxygen atoms in total. The van der Waals surface area contributed by atoms with Crippen LogP contribution in [-0.2, 0) is 11.3 Å². The monoisotopic (exact) mass is 296 g/mol. The van der Waals surface area contributed by atoms with Crippen LogP contribution in [0.3, 0.4) is 0 Å². The number of amides is 1. The van der Waals surface area contributed by atoms with Crippen molar-refractivity contribution in [2.75, 3.05) is 0 Å². The van der Waals surface area contributed by atoms with Crippen molar-refractivity contribution in [1.82, 2.24) is 5.32 Å². The van der Waals surface area contributed by atoms with E-state index in [-0.39, 0.29) is 11.9 Å². The molecule has 0 aliphatic heterocycles. The first-order chi connectivity index (χ1) is 9.61. The van der Waals surface area contributed by atoms with E-state index in [0.29, 0.717) is 17.3 Å². The lowest BCUT2D eigenvalue weighted by molar-refractivity contribution is -0.127. The molecule has 1 aromatic rings. The molecule has 3 N–H and O–H groups in total. The molecule has 0 heterocycles. The van der Waals surface area contributed by atoms with Crippen LogP contribution in [0.2, 0.25) is 5.02 Å². The summed E-state index contributed by atoms with van der Waals surface area (Å²) in [6.45, 7) is 2.06. The van der Waals surface area contributed by atoms with Crippen LogP contribution in [0, 0.1) is 0 Å². The van der Waals surface area contributed by atoms with E-state index < -0.39 is 6.10 Å². The van der Waals surface area contributed by atoms with Crippen molar-refractivity contribution in [3.8, 4) is 5.75 Å². The van der Waals surface area contributed by atoms with Gasteiger partial charge in [-0.3, -0.25) is 4.79 Å². The van der Waals surface area contributed by atoms with E-state index >= 15 is 0 Å². The lowest BCUT2D eigenvalue weighted by Crippen LogP contribution is -2.41. The zero-order valence-electron chi connectivity index (χ0n) is 11.7. The number of nitrogens with two attached hydrogens (primary N) is 1. The maximum Gasteiger partial charge on any atom is 0.260 e. The molecular weight excluding hydrogens is 276 g/mol. The van der Waals surface area contributed by atoms with Crippen molar-refractivity contribution in [2.45, 2.75) is 51.3 Å². The summed E-state index contributed by atoms with van der Waals surface area (Å²) in [5.41, 5.74) is 6.47. The molecule has 1 atom stereocenters. The molecule has 1 fully saturated rings. The summed E-state index contributed by atoms with van der Waals surface area (Å²) in [7, 11) is 0. The number of hydrogen-bond donors (Lipinski definition) is 2. The van der Waals surface area contributed by atoms with Crippen molar-refractivity contribution in [1.29, 1.82) is 0 Å². The van der Waals surface area contributed by atoms with Crippen molar-refractivity contribution in [3.63, 3.8) is 0 Å². The third-order valence-corrected chi connectivity index (χ3v) is 3.93. The molecule has 0 spiro atoms. The smallest absolute Gasteiger partial charge is 0.260 e. The highest BCUT2D eigenvalue weighted by atomic mass is 35.5. The van der Waals surface area contributed by atoms with Gasteiger partial charge in [-0.05, 0) is 25.8 Å². The first kappa shape index (κ1) is 15.1. The second-order valence-corrected chi connectivity index (χ2v) is 5.59. The van der Waals surface area contributed by atoms with Crippen LogP contribution < -0.4 is 15.8 Å². The fourth-order valence-corrected chi connectivity index (χ4v) is 2.70. The molecule has 2 rings (SSSR count). The Morgan fingerprint density at radius 3 is 2.85 bits per heavy atom. The number of rotatable bonds is 5. The lowest BCUT2D eigenvalue weighted by Gasteiger charge is -2.20. The number of carbonyl (C=O) groups excluding carboxylic acids is 1. The summed E-state index contributed by atoms with van der Waals surface area (Å²) in [4.78, 5) is 12.1. The molecule has 0 bridgehead atoms. The van der Waals surface area contributed by atoms with E-state index in [1.165, 1.54) is 12.8 Å². The Hall–Kier alpha value is -1.26. The van der Waals surface area contributed by atoms with E-state index in [4.69, 9.17) is 22.1 Å². The summed E-state index contributed by atoms with van der Waals surface area (Å²) < 4.78 is 5.72. The van der Waals surface area contributed by atoms with Crippen molar-refractivity contribution < 1.29 is 9.53 Å². The normalized spacial score (nSPS) is 16.9. The van der Waals surface area contributed by atoms with Crippen molar-refractivity contribution >= 4 is 17.5 Å². The van der Waals surface area contributed by atoms with Crippen LogP contribution in [0.5, 0.6) is 5.75 Å². The number of halogens is 1. The zero-order chi connectivity index (χ0) is 14.5. The van der Waals surface area contributed by atoms with Crippen LogP contribution in [0.25, 0.3) is 0 Å². The molecule has 1 saturated carbocycles. The summed E-state index contributed by atoms with van der Waals surface area (Å²) in [6.07, 6.45) is 3.89. The molecule has 110 valence electrons. The van der Waals surface area contributed by atoms with E-state index in [1.807, 2.05) is 12.1 Å². The third kappa shape index (κ3) is 3.64. The maximum atomic E-state index is 12.1. The first-order valence-corrected chi connectivity index (χ1v) is 7.44. The molecule has 1 amide bonds. The Kier molecular flexibility index (Phi) is 5.26. The van der Waals surface area contributed by atoms with Crippen LogP contribution in [-0.4, -0.2) is 18.1 Å². The summed E-state index contributed by atoms with van der Waals surface area (Å²) >= 11 is 6.11. The zero-order valence-corrected chi connectivity index (χ0v) is 12.5. The largest absolute Gasteiger partial charge is 0.479 e. The van der Waals surface area contributed by atoms with Crippen LogP contribution in [0.1, 0.15) is 38.2 Å². The molecule has 20 heavy (non-hydrogen) atoms. The SMILES string of the molecule is CC(Oc1c(Cl)cccc1CN)C(=O)NC1CCCC1. The van der Waals surface area contributed by atoms with Gasteiger partial charge in [0.25, 0.3) is 5.91 Å². The summed E-state index contributed by atoms with van der Waals surface area (Å²) in [5, 5.41) is 3.50.